The Morgan fingerprint density at radius 1 is 1.41 bits per heavy atom. The van der Waals surface area contributed by atoms with E-state index in [2.05, 4.69) is 10.3 Å². The number of halogens is 1. The van der Waals surface area contributed by atoms with Gasteiger partial charge in [0.15, 0.2) is 5.96 Å². The number of fused-ring (bicyclic) bond motifs is 1. The molecular formula is C21H27FN4O3. The van der Waals surface area contributed by atoms with Crippen molar-refractivity contribution in [1.82, 2.24) is 10.2 Å². The lowest BCUT2D eigenvalue weighted by molar-refractivity contribution is -0.130. The first-order valence-electron chi connectivity index (χ1n) is 10.0. The second-order valence-corrected chi connectivity index (χ2v) is 8.97. The summed E-state index contributed by atoms with van der Waals surface area (Å²) in [6.07, 6.45) is 1.51. The molecule has 8 heteroatoms. The molecule has 1 unspecified atom stereocenters. The number of hydrogen-bond acceptors (Lipinski definition) is 5. The van der Waals surface area contributed by atoms with Gasteiger partial charge < -0.3 is 15.8 Å². The van der Waals surface area contributed by atoms with E-state index in [4.69, 9.17) is 10.5 Å². The number of ether oxygens (including phenoxy) is 1. The number of nitrogens with one attached hydrogen (secondary N) is 1. The monoisotopic (exact) mass is 402 g/mol. The van der Waals surface area contributed by atoms with Crippen LogP contribution in [0.4, 0.5) is 4.39 Å². The van der Waals surface area contributed by atoms with Crippen LogP contribution in [-0.4, -0.2) is 40.9 Å². The molecule has 156 valence electrons. The molecule has 0 spiro atoms. The fourth-order valence-corrected chi connectivity index (χ4v) is 4.24. The van der Waals surface area contributed by atoms with Crippen molar-refractivity contribution in [3.63, 3.8) is 0 Å². The molecule has 1 saturated carbocycles. The predicted molar refractivity (Wildman–Crippen MR) is 106 cm³/mol. The fraction of sp³-hybridized carbons (Fsp3) is 0.571. The minimum absolute atomic E-state index is 0.0538. The molecule has 1 fully saturated rings. The Labute approximate surface area is 169 Å². The van der Waals surface area contributed by atoms with Crippen LogP contribution in [0.15, 0.2) is 23.2 Å². The Bertz CT molecular complexity index is 885. The van der Waals surface area contributed by atoms with E-state index in [-0.39, 0.29) is 47.6 Å². The summed E-state index contributed by atoms with van der Waals surface area (Å²) in [5.74, 6) is 0.208. The van der Waals surface area contributed by atoms with Crippen molar-refractivity contribution in [2.75, 3.05) is 6.54 Å². The quantitative estimate of drug-likeness (QED) is 0.806. The van der Waals surface area contributed by atoms with Gasteiger partial charge in [0.1, 0.15) is 11.6 Å². The molecule has 2 heterocycles. The van der Waals surface area contributed by atoms with Gasteiger partial charge in [-0.25, -0.2) is 9.38 Å². The molecular weight excluding hydrogens is 375 g/mol. The maximum absolute atomic E-state index is 13.7. The Morgan fingerprint density at radius 2 is 2.17 bits per heavy atom. The Morgan fingerprint density at radius 3 is 2.90 bits per heavy atom. The fourth-order valence-electron chi connectivity index (χ4n) is 4.24. The molecule has 2 amide bonds. The molecule has 1 aromatic rings. The molecule has 1 aliphatic carbocycles. The topological polar surface area (TPSA) is 97.0 Å². The SMILES string of the molecule is CC1C[C@H](NC(=O)[C@H]2C[C@@H]2CN2C(=O)CC(C)(C)N=C2N)c2cc(F)ccc2O1. The number of carbonyl (C=O) groups is 2. The molecule has 0 saturated heterocycles. The maximum Gasteiger partial charge on any atom is 0.231 e. The van der Waals surface area contributed by atoms with E-state index < -0.39 is 5.54 Å². The third-order valence-corrected chi connectivity index (χ3v) is 5.81. The van der Waals surface area contributed by atoms with Gasteiger partial charge in [0.05, 0.1) is 24.1 Å². The summed E-state index contributed by atoms with van der Waals surface area (Å²) >= 11 is 0. The van der Waals surface area contributed by atoms with Crippen molar-refractivity contribution >= 4 is 17.8 Å². The standard InChI is InChI=1S/C21H27FN4O3/c1-11-6-16(15-8-13(22)4-5-17(15)29-11)24-19(28)14-7-12(14)10-26-18(27)9-21(2,3)25-20(26)23/h4-5,8,11-12,14,16H,6-7,9-10H2,1-3H3,(H2,23,25)(H,24,28)/t11?,12-,14+,16+/m1/s1. The highest BCUT2D eigenvalue weighted by molar-refractivity contribution is 5.99. The average molecular weight is 402 g/mol. The van der Waals surface area contributed by atoms with Crippen LogP contribution in [0.25, 0.3) is 0 Å². The smallest absolute Gasteiger partial charge is 0.231 e. The largest absolute Gasteiger partial charge is 0.490 e. The molecule has 0 aromatic heterocycles. The predicted octanol–water partition coefficient (Wildman–Crippen LogP) is 2.12. The first-order valence-corrected chi connectivity index (χ1v) is 10.0. The third kappa shape index (κ3) is 4.06. The van der Waals surface area contributed by atoms with Crippen molar-refractivity contribution < 1.29 is 18.7 Å². The van der Waals surface area contributed by atoms with Gasteiger partial charge >= 0.3 is 0 Å². The lowest BCUT2D eigenvalue weighted by Crippen LogP contribution is -2.50. The van der Waals surface area contributed by atoms with Crippen molar-refractivity contribution in [2.45, 2.75) is 57.7 Å². The van der Waals surface area contributed by atoms with E-state index in [9.17, 15) is 14.0 Å². The highest BCUT2D eigenvalue weighted by atomic mass is 19.1. The van der Waals surface area contributed by atoms with Gasteiger partial charge in [-0.15, -0.1) is 0 Å². The number of carbonyl (C=O) groups excluding carboxylic acids is 2. The van der Waals surface area contributed by atoms with Crippen LogP contribution in [0.1, 0.15) is 51.6 Å². The van der Waals surface area contributed by atoms with Crippen LogP contribution in [0.3, 0.4) is 0 Å². The lowest BCUT2D eigenvalue weighted by Gasteiger charge is -2.33. The molecule has 7 nitrogen and oxygen atoms in total. The normalized spacial score (nSPS) is 30.1. The zero-order valence-electron chi connectivity index (χ0n) is 16.9. The highest BCUT2D eigenvalue weighted by Gasteiger charge is 2.46. The molecule has 4 rings (SSSR count). The van der Waals surface area contributed by atoms with Gasteiger partial charge in [-0.1, -0.05) is 0 Å². The van der Waals surface area contributed by atoms with E-state index in [1.54, 1.807) is 6.07 Å². The summed E-state index contributed by atoms with van der Waals surface area (Å²) < 4.78 is 19.4. The number of benzene rings is 1. The van der Waals surface area contributed by atoms with Gasteiger partial charge in [0.2, 0.25) is 11.8 Å². The lowest BCUT2D eigenvalue weighted by atomic mass is 9.96. The van der Waals surface area contributed by atoms with E-state index in [0.29, 0.717) is 37.1 Å². The number of hydrogen-bond donors (Lipinski definition) is 2. The van der Waals surface area contributed by atoms with Crippen LogP contribution in [0.2, 0.25) is 0 Å². The van der Waals surface area contributed by atoms with Crippen molar-refractivity contribution in [3.05, 3.63) is 29.6 Å². The molecule has 3 aliphatic rings. The van der Waals surface area contributed by atoms with Crippen LogP contribution >= 0.6 is 0 Å². The Balaban J connectivity index is 1.39. The summed E-state index contributed by atoms with van der Waals surface area (Å²) in [4.78, 5) is 31.1. The van der Waals surface area contributed by atoms with Crippen molar-refractivity contribution in [1.29, 1.82) is 0 Å². The van der Waals surface area contributed by atoms with Gasteiger partial charge in [-0.05, 0) is 51.3 Å². The molecule has 3 N–H and O–H groups in total. The number of aliphatic imine (C=N–C) groups is 1. The molecule has 1 aromatic carbocycles. The summed E-state index contributed by atoms with van der Waals surface area (Å²) in [5.41, 5.74) is 6.16. The maximum atomic E-state index is 13.7. The number of amides is 2. The first kappa shape index (κ1) is 19.7. The van der Waals surface area contributed by atoms with Crippen LogP contribution < -0.4 is 15.8 Å². The average Bonchev–Trinajstić information content (AvgIpc) is 3.37. The van der Waals surface area contributed by atoms with Gasteiger partial charge in [0.25, 0.3) is 0 Å². The van der Waals surface area contributed by atoms with Crippen molar-refractivity contribution in [3.8, 4) is 5.75 Å². The van der Waals surface area contributed by atoms with E-state index >= 15 is 0 Å². The van der Waals surface area contributed by atoms with Crippen LogP contribution in [0.5, 0.6) is 5.75 Å². The Kier molecular flexibility index (Phi) is 4.75. The first-order chi connectivity index (χ1) is 13.6. The molecule has 4 atom stereocenters. The summed E-state index contributed by atoms with van der Waals surface area (Å²) in [5, 5.41) is 3.05. The summed E-state index contributed by atoms with van der Waals surface area (Å²) in [7, 11) is 0. The van der Waals surface area contributed by atoms with E-state index in [1.165, 1.54) is 17.0 Å². The van der Waals surface area contributed by atoms with Crippen LogP contribution in [-0.2, 0) is 9.59 Å². The number of nitrogens with two attached hydrogens (primary N) is 1. The van der Waals surface area contributed by atoms with Gasteiger partial charge in [-0.2, -0.15) is 0 Å². The zero-order chi connectivity index (χ0) is 20.9. The molecule has 0 bridgehead atoms. The third-order valence-electron chi connectivity index (χ3n) is 5.81. The van der Waals surface area contributed by atoms with E-state index in [0.717, 1.165) is 0 Å². The van der Waals surface area contributed by atoms with Crippen LogP contribution in [0, 0.1) is 17.7 Å². The number of rotatable bonds is 4. The summed E-state index contributed by atoms with van der Waals surface area (Å²) in [6.45, 7) is 6.07. The van der Waals surface area contributed by atoms with Gasteiger partial charge in [0, 0.05) is 24.4 Å². The highest BCUT2D eigenvalue weighted by Crippen LogP contribution is 2.42. The zero-order valence-corrected chi connectivity index (χ0v) is 16.9. The number of guanidine groups is 1. The molecule has 0 radical (unpaired) electrons. The Hall–Kier alpha value is -2.64. The van der Waals surface area contributed by atoms with Crippen molar-refractivity contribution in [2.24, 2.45) is 22.6 Å². The van der Waals surface area contributed by atoms with Gasteiger partial charge in [-0.3, -0.25) is 14.5 Å². The molecule has 29 heavy (non-hydrogen) atoms. The molecule has 2 aliphatic heterocycles. The van der Waals surface area contributed by atoms with E-state index in [1.807, 2.05) is 20.8 Å². The number of nitrogens with zero attached hydrogens (tertiary/aromatic N) is 2. The minimum atomic E-state index is -0.486. The second kappa shape index (κ2) is 7.00. The second-order valence-electron chi connectivity index (χ2n) is 8.97. The summed E-state index contributed by atoms with van der Waals surface area (Å²) in [6, 6.07) is 4.09. The minimum Gasteiger partial charge on any atom is -0.490 e.